The molecule has 1 N–H and O–H groups in total. The molecule has 0 amide bonds. The van der Waals surface area contributed by atoms with Crippen LogP contribution in [0.25, 0.3) is 0 Å². The van der Waals surface area contributed by atoms with E-state index in [0.29, 0.717) is 18.9 Å². The van der Waals surface area contributed by atoms with E-state index in [1.165, 1.54) is 7.11 Å². The minimum Gasteiger partial charge on any atom is -0.464 e. The molecule has 0 saturated carbocycles. The zero-order valence-corrected chi connectivity index (χ0v) is 10.9. The van der Waals surface area contributed by atoms with Crippen molar-refractivity contribution in [1.82, 2.24) is 10.2 Å². The van der Waals surface area contributed by atoms with Crippen LogP contribution >= 0.6 is 0 Å². The van der Waals surface area contributed by atoms with Gasteiger partial charge in [-0.05, 0) is 19.1 Å². The lowest BCUT2D eigenvalue weighted by atomic mass is 10.2. The first-order chi connectivity index (χ1) is 9.13. The topological polar surface area (TPSA) is 84.8 Å². The number of morpholine rings is 1. The summed E-state index contributed by atoms with van der Waals surface area (Å²) in [5.41, 5.74) is 0.172. The first-order valence-electron chi connectivity index (χ1n) is 6.07. The fourth-order valence-corrected chi connectivity index (χ4v) is 2.04. The fraction of sp³-hybridized carbons (Fsp3) is 0.583. The van der Waals surface area contributed by atoms with Crippen molar-refractivity contribution < 1.29 is 19.4 Å². The molecule has 1 aromatic heterocycles. The Labute approximate surface area is 111 Å². The molecule has 1 aliphatic rings. The van der Waals surface area contributed by atoms with Gasteiger partial charge < -0.3 is 19.5 Å². The third-order valence-corrected chi connectivity index (χ3v) is 2.90. The molecule has 0 bridgehead atoms. The molecule has 1 aliphatic heterocycles. The van der Waals surface area contributed by atoms with Gasteiger partial charge in [-0.1, -0.05) is 0 Å². The van der Waals surface area contributed by atoms with Crippen molar-refractivity contribution >= 4 is 11.8 Å². The molecule has 2 rings (SSSR count). The van der Waals surface area contributed by atoms with Gasteiger partial charge in [0.1, 0.15) is 0 Å². The molecule has 2 unspecified atom stereocenters. The van der Waals surface area contributed by atoms with Gasteiger partial charge in [-0.2, -0.15) is 0 Å². The number of nitrogens with zero attached hydrogens (tertiary/aromatic N) is 3. The van der Waals surface area contributed by atoms with E-state index in [9.17, 15) is 9.90 Å². The number of anilines is 1. The van der Waals surface area contributed by atoms with E-state index in [-0.39, 0.29) is 24.5 Å². The van der Waals surface area contributed by atoms with Gasteiger partial charge in [0.2, 0.25) is 0 Å². The maximum Gasteiger partial charge on any atom is 0.358 e. The van der Waals surface area contributed by atoms with Crippen LogP contribution in [0.1, 0.15) is 17.4 Å². The van der Waals surface area contributed by atoms with Crippen molar-refractivity contribution in [3.8, 4) is 0 Å². The van der Waals surface area contributed by atoms with Crippen molar-refractivity contribution in [1.29, 1.82) is 0 Å². The van der Waals surface area contributed by atoms with Crippen LogP contribution in [0.15, 0.2) is 12.1 Å². The van der Waals surface area contributed by atoms with Crippen molar-refractivity contribution in [2.24, 2.45) is 0 Å². The predicted octanol–water partition coefficient (Wildman–Crippen LogP) is -0.151. The highest BCUT2D eigenvalue weighted by Gasteiger charge is 2.25. The molecule has 2 heterocycles. The Bertz CT molecular complexity index is 437. The van der Waals surface area contributed by atoms with Gasteiger partial charge in [0, 0.05) is 13.1 Å². The highest BCUT2D eigenvalue weighted by atomic mass is 16.5. The highest BCUT2D eigenvalue weighted by molar-refractivity contribution is 5.86. The van der Waals surface area contributed by atoms with Gasteiger partial charge in [0.25, 0.3) is 0 Å². The van der Waals surface area contributed by atoms with Crippen molar-refractivity contribution in [3.63, 3.8) is 0 Å². The van der Waals surface area contributed by atoms with Gasteiger partial charge in [-0.3, -0.25) is 0 Å². The first kappa shape index (κ1) is 13.7. The van der Waals surface area contributed by atoms with Gasteiger partial charge >= 0.3 is 5.97 Å². The summed E-state index contributed by atoms with van der Waals surface area (Å²) in [7, 11) is 1.30. The van der Waals surface area contributed by atoms with E-state index < -0.39 is 5.97 Å². The zero-order chi connectivity index (χ0) is 13.8. The van der Waals surface area contributed by atoms with Crippen LogP contribution in [0.5, 0.6) is 0 Å². The summed E-state index contributed by atoms with van der Waals surface area (Å²) < 4.78 is 10.1. The van der Waals surface area contributed by atoms with E-state index in [1.54, 1.807) is 12.1 Å². The number of aromatic nitrogens is 2. The number of hydrogen-bond donors (Lipinski definition) is 1. The molecule has 0 spiro atoms. The maximum absolute atomic E-state index is 11.3. The molecule has 7 heteroatoms. The van der Waals surface area contributed by atoms with Crippen molar-refractivity contribution in [2.75, 3.05) is 31.7 Å². The molecule has 0 aliphatic carbocycles. The molecular weight excluding hydrogens is 250 g/mol. The SMILES string of the molecule is COC(=O)c1ccc(N2CC(C)OC(CO)C2)nn1. The summed E-state index contributed by atoms with van der Waals surface area (Å²) >= 11 is 0. The van der Waals surface area contributed by atoms with E-state index in [1.807, 2.05) is 11.8 Å². The van der Waals surface area contributed by atoms with E-state index in [2.05, 4.69) is 14.9 Å². The maximum atomic E-state index is 11.3. The Kier molecular flexibility index (Phi) is 4.28. The standard InChI is InChI=1S/C12H17N3O4/c1-8-5-15(6-9(7-16)19-8)11-4-3-10(13-14-11)12(17)18-2/h3-4,8-9,16H,5-7H2,1-2H3. The van der Waals surface area contributed by atoms with Gasteiger partial charge in [-0.15, -0.1) is 10.2 Å². The van der Waals surface area contributed by atoms with Crippen LogP contribution in [0, 0.1) is 0 Å². The molecule has 0 radical (unpaired) electrons. The summed E-state index contributed by atoms with van der Waals surface area (Å²) in [4.78, 5) is 13.2. The number of ether oxygens (including phenoxy) is 2. The number of aliphatic hydroxyl groups excluding tert-OH is 1. The van der Waals surface area contributed by atoms with E-state index in [0.717, 1.165) is 0 Å². The second-order valence-electron chi connectivity index (χ2n) is 4.42. The second kappa shape index (κ2) is 5.94. The average molecular weight is 267 g/mol. The molecule has 0 aromatic carbocycles. The molecule has 19 heavy (non-hydrogen) atoms. The summed E-state index contributed by atoms with van der Waals surface area (Å²) in [5, 5.41) is 17.0. The number of methoxy groups -OCH3 is 1. The number of aliphatic hydroxyl groups is 1. The fourth-order valence-electron chi connectivity index (χ4n) is 2.04. The Morgan fingerprint density at radius 3 is 2.89 bits per heavy atom. The lowest BCUT2D eigenvalue weighted by Crippen LogP contribution is -2.48. The van der Waals surface area contributed by atoms with Crippen LogP contribution in [0.2, 0.25) is 0 Å². The number of carbonyl (C=O) groups is 1. The average Bonchev–Trinajstić information content (AvgIpc) is 2.46. The van der Waals surface area contributed by atoms with Crippen LogP contribution in [0.3, 0.4) is 0 Å². The van der Waals surface area contributed by atoms with Crippen LogP contribution in [-0.4, -0.2) is 60.3 Å². The van der Waals surface area contributed by atoms with E-state index in [4.69, 9.17) is 4.74 Å². The Morgan fingerprint density at radius 2 is 2.32 bits per heavy atom. The Hall–Kier alpha value is -1.73. The minimum atomic E-state index is -0.511. The molecule has 104 valence electrons. The normalized spacial score (nSPS) is 23.2. The van der Waals surface area contributed by atoms with Crippen LogP contribution < -0.4 is 4.90 Å². The largest absolute Gasteiger partial charge is 0.464 e. The number of rotatable bonds is 3. The molecule has 7 nitrogen and oxygen atoms in total. The van der Waals surface area contributed by atoms with Crippen LogP contribution in [-0.2, 0) is 9.47 Å². The highest BCUT2D eigenvalue weighted by Crippen LogP contribution is 2.17. The lowest BCUT2D eigenvalue weighted by Gasteiger charge is -2.36. The number of carbonyl (C=O) groups excluding carboxylic acids is 1. The van der Waals surface area contributed by atoms with Gasteiger partial charge in [-0.25, -0.2) is 4.79 Å². The minimum absolute atomic E-state index is 0.00739. The monoisotopic (exact) mass is 267 g/mol. The second-order valence-corrected chi connectivity index (χ2v) is 4.42. The number of hydrogen-bond acceptors (Lipinski definition) is 7. The smallest absolute Gasteiger partial charge is 0.358 e. The Morgan fingerprint density at radius 1 is 1.53 bits per heavy atom. The summed E-state index contributed by atoms with van der Waals surface area (Å²) in [6, 6.07) is 3.29. The quantitative estimate of drug-likeness (QED) is 0.762. The Balaban J connectivity index is 2.11. The molecule has 1 fully saturated rings. The first-order valence-corrected chi connectivity index (χ1v) is 6.07. The number of esters is 1. The molecule has 1 saturated heterocycles. The lowest BCUT2D eigenvalue weighted by molar-refractivity contribution is -0.0423. The van der Waals surface area contributed by atoms with Crippen LogP contribution in [0.4, 0.5) is 5.82 Å². The third kappa shape index (κ3) is 3.18. The van der Waals surface area contributed by atoms with Gasteiger partial charge in [0.15, 0.2) is 11.5 Å². The summed E-state index contributed by atoms with van der Waals surface area (Å²) in [6.07, 6.45) is -0.223. The molecular formula is C12H17N3O4. The molecule has 1 aromatic rings. The predicted molar refractivity (Wildman–Crippen MR) is 67.0 cm³/mol. The third-order valence-electron chi connectivity index (χ3n) is 2.90. The summed E-state index contributed by atoms with van der Waals surface area (Å²) in [6.45, 7) is 3.12. The molecule has 2 atom stereocenters. The van der Waals surface area contributed by atoms with Gasteiger partial charge in [0.05, 0.1) is 25.9 Å². The zero-order valence-electron chi connectivity index (χ0n) is 10.9. The van der Waals surface area contributed by atoms with Crippen molar-refractivity contribution in [2.45, 2.75) is 19.1 Å². The van der Waals surface area contributed by atoms with Crippen molar-refractivity contribution in [3.05, 3.63) is 17.8 Å². The summed E-state index contributed by atoms with van der Waals surface area (Å²) in [5.74, 6) is 0.142. The van der Waals surface area contributed by atoms with E-state index >= 15 is 0 Å².